The van der Waals surface area contributed by atoms with Crippen molar-refractivity contribution in [1.82, 2.24) is 5.16 Å². The van der Waals surface area contributed by atoms with Crippen LogP contribution in [-0.2, 0) is 6.61 Å². The molecule has 0 spiro atoms. The Kier molecular flexibility index (Phi) is 3.23. The van der Waals surface area contributed by atoms with Gasteiger partial charge in [0.2, 0.25) is 0 Å². The molecule has 4 heteroatoms. The van der Waals surface area contributed by atoms with E-state index < -0.39 is 0 Å². The van der Waals surface area contributed by atoms with Crippen molar-refractivity contribution in [3.8, 4) is 5.75 Å². The van der Waals surface area contributed by atoms with E-state index in [0.29, 0.717) is 17.9 Å². The highest BCUT2D eigenvalue weighted by molar-refractivity contribution is 5.94. The Morgan fingerprint density at radius 1 is 1.41 bits per heavy atom. The SMILES string of the molecule is CC(=O)c1ccc(OCc2ccno2)c(C)c1. The van der Waals surface area contributed by atoms with Crippen LogP contribution in [0, 0.1) is 6.92 Å². The van der Waals surface area contributed by atoms with Crippen molar-refractivity contribution in [2.45, 2.75) is 20.5 Å². The largest absolute Gasteiger partial charge is 0.485 e. The Hall–Kier alpha value is -2.10. The number of aryl methyl sites for hydroxylation is 1. The average Bonchev–Trinajstić information content (AvgIpc) is 2.80. The molecule has 88 valence electrons. The van der Waals surface area contributed by atoms with Gasteiger partial charge in [-0.1, -0.05) is 5.16 Å². The molecule has 4 nitrogen and oxygen atoms in total. The van der Waals surface area contributed by atoms with Crippen LogP contribution in [0.3, 0.4) is 0 Å². The normalized spacial score (nSPS) is 10.2. The van der Waals surface area contributed by atoms with Crippen molar-refractivity contribution in [3.05, 3.63) is 47.3 Å². The van der Waals surface area contributed by atoms with Gasteiger partial charge in [0.15, 0.2) is 11.5 Å². The Morgan fingerprint density at radius 2 is 2.24 bits per heavy atom. The summed E-state index contributed by atoms with van der Waals surface area (Å²) >= 11 is 0. The van der Waals surface area contributed by atoms with Crippen molar-refractivity contribution in [2.75, 3.05) is 0 Å². The van der Waals surface area contributed by atoms with Crippen LogP contribution < -0.4 is 4.74 Å². The predicted molar refractivity (Wildman–Crippen MR) is 62.0 cm³/mol. The van der Waals surface area contributed by atoms with Gasteiger partial charge in [-0.2, -0.15) is 0 Å². The third-order valence-electron chi connectivity index (χ3n) is 2.44. The number of hydrogen-bond donors (Lipinski definition) is 0. The van der Waals surface area contributed by atoms with Crippen molar-refractivity contribution in [1.29, 1.82) is 0 Å². The van der Waals surface area contributed by atoms with E-state index in [-0.39, 0.29) is 5.78 Å². The zero-order valence-corrected chi connectivity index (χ0v) is 9.77. The highest BCUT2D eigenvalue weighted by Gasteiger charge is 2.05. The first-order valence-corrected chi connectivity index (χ1v) is 5.31. The molecule has 17 heavy (non-hydrogen) atoms. The summed E-state index contributed by atoms with van der Waals surface area (Å²) in [5, 5.41) is 3.59. The second kappa shape index (κ2) is 4.82. The van der Waals surface area contributed by atoms with Crippen LogP contribution in [0.5, 0.6) is 5.75 Å². The van der Waals surface area contributed by atoms with Gasteiger partial charge in [0.1, 0.15) is 12.4 Å². The standard InChI is InChI=1S/C13H13NO3/c1-9-7-11(10(2)15)3-4-13(9)16-8-12-5-6-14-17-12/h3-7H,8H2,1-2H3. The van der Waals surface area contributed by atoms with E-state index in [4.69, 9.17) is 9.26 Å². The third-order valence-corrected chi connectivity index (χ3v) is 2.44. The lowest BCUT2D eigenvalue weighted by Crippen LogP contribution is -1.98. The molecule has 0 fully saturated rings. The molecule has 0 radical (unpaired) electrons. The summed E-state index contributed by atoms with van der Waals surface area (Å²) in [6.07, 6.45) is 1.57. The van der Waals surface area contributed by atoms with Crippen LogP contribution in [0.1, 0.15) is 28.6 Å². The van der Waals surface area contributed by atoms with Crippen LogP contribution >= 0.6 is 0 Å². The molecule has 2 rings (SSSR count). The lowest BCUT2D eigenvalue weighted by atomic mass is 10.1. The van der Waals surface area contributed by atoms with E-state index in [2.05, 4.69) is 5.16 Å². The van der Waals surface area contributed by atoms with Gasteiger partial charge in [0.25, 0.3) is 0 Å². The fourth-order valence-corrected chi connectivity index (χ4v) is 1.50. The summed E-state index contributed by atoms with van der Waals surface area (Å²) < 4.78 is 10.5. The van der Waals surface area contributed by atoms with E-state index in [0.717, 1.165) is 11.3 Å². The molecule has 1 aromatic heterocycles. The van der Waals surface area contributed by atoms with Crippen LogP contribution in [0.15, 0.2) is 35.0 Å². The average molecular weight is 231 g/mol. The van der Waals surface area contributed by atoms with Gasteiger partial charge in [-0.05, 0) is 37.6 Å². The molecule has 0 aliphatic rings. The number of ether oxygens (including phenoxy) is 1. The molecular formula is C13H13NO3. The minimum atomic E-state index is 0.0508. The van der Waals surface area contributed by atoms with Gasteiger partial charge < -0.3 is 9.26 Å². The number of aromatic nitrogens is 1. The quantitative estimate of drug-likeness (QED) is 0.759. The Morgan fingerprint density at radius 3 is 2.82 bits per heavy atom. The predicted octanol–water partition coefficient (Wildman–Crippen LogP) is 2.76. The zero-order valence-electron chi connectivity index (χ0n) is 9.77. The number of Topliss-reactive ketones (excluding diaryl/α,β-unsaturated/α-hetero) is 1. The van der Waals surface area contributed by atoms with Gasteiger partial charge in [-0.15, -0.1) is 0 Å². The van der Waals surface area contributed by atoms with E-state index in [1.165, 1.54) is 0 Å². The summed E-state index contributed by atoms with van der Waals surface area (Å²) in [5.74, 6) is 1.46. The molecule has 0 aliphatic carbocycles. The Bertz CT molecular complexity index is 517. The van der Waals surface area contributed by atoms with Crippen molar-refractivity contribution in [3.63, 3.8) is 0 Å². The van der Waals surface area contributed by atoms with E-state index >= 15 is 0 Å². The first-order chi connectivity index (χ1) is 8.16. The molecule has 2 aromatic rings. The first kappa shape index (κ1) is 11.4. The Labute approximate surface area is 99.2 Å². The summed E-state index contributed by atoms with van der Waals surface area (Å²) in [4.78, 5) is 11.2. The van der Waals surface area contributed by atoms with Gasteiger partial charge in [0.05, 0.1) is 6.20 Å². The maximum atomic E-state index is 11.2. The molecule has 1 heterocycles. The summed E-state index contributed by atoms with van der Waals surface area (Å²) in [6.45, 7) is 3.78. The monoisotopic (exact) mass is 231 g/mol. The fraction of sp³-hybridized carbons (Fsp3) is 0.231. The summed E-state index contributed by atoms with van der Waals surface area (Å²) in [7, 11) is 0. The number of carbonyl (C=O) groups is 1. The van der Waals surface area contributed by atoms with Gasteiger partial charge >= 0.3 is 0 Å². The number of ketones is 1. The molecular weight excluding hydrogens is 218 g/mol. The summed E-state index contributed by atoms with van der Waals surface area (Å²) in [5.41, 5.74) is 1.62. The van der Waals surface area contributed by atoms with Crippen molar-refractivity contribution >= 4 is 5.78 Å². The zero-order chi connectivity index (χ0) is 12.3. The molecule has 1 aromatic carbocycles. The molecule has 0 saturated carbocycles. The number of rotatable bonds is 4. The number of benzene rings is 1. The topological polar surface area (TPSA) is 52.3 Å². The molecule has 0 aliphatic heterocycles. The van der Waals surface area contributed by atoms with Crippen LogP contribution in [-0.4, -0.2) is 10.9 Å². The van der Waals surface area contributed by atoms with E-state index in [1.54, 1.807) is 31.3 Å². The third kappa shape index (κ3) is 2.72. The van der Waals surface area contributed by atoms with Crippen molar-refractivity contribution in [2.24, 2.45) is 0 Å². The molecule has 0 atom stereocenters. The highest BCUT2D eigenvalue weighted by atomic mass is 16.5. The molecule has 0 amide bonds. The lowest BCUT2D eigenvalue weighted by molar-refractivity contribution is 0.101. The second-order valence-electron chi connectivity index (χ2n) is 3.80. The Balaban J connectivity index is 2.09. The number of nitrogens with zero attached hydrogens (tertiary/aromatic N) is 1. The van der Waals surface area contributed by atoms with E-state index in [1.807, 2.05) is 13.0 Å². The van der Waals surface area contributed by atoms with Crippen LogP contribution in [0.25, 0.3) is 0 Å². The maximum Gasteiger partial charge on any atom is 0.174 e. The second-order valence-corrected chi connectivity index (χ2v) is 3.80. The van der Waals surface area contributed by atoms with Crippen LogP contribution in [0.2, 0.25) is 0 Å². The first-order valence-electron chi connectivity index (χ1n) is 5.31. The van der Waals surface area contributed by atoms with Gasteiger partial charge in [0, 0.05) is 11.6 Å². The van der Waals surface area contributed by atoms with Gasteiger partial charge in [-0.25, -0.2) is 0 Å². The van der Waals surface area contributed by atoms with Crippen molar-refractivity contribution < 1.29 is 14.1 Å². The molecule has 0 saturated heterocycles. The molecule has 0 N–H and O–H groups in total. The fourth-order valence-electron chi connectivity index (χ4n) is 1.50. The van der Waals surface area contributed by atoms with Gasteiger partial charge in [-0.3, -0.25) is 4.79 Å². The number of carbonyl (C=O) groups excluding carboxylic acids is 1. The minimum absolute atomic E-state index is 0.0508. The smallest absolute Gasteiger partial charge is 0.174 e. The molecule has 0 bridgehead atoms. The summed E-state index contributed by atoms with van der Waals surface area (Å²) in [6, 6.07) is 7.12. The molecule has 0 unspecified atom stereocenters. The van der Waals surface area contributed by atoms with E-state index in [9.17, 15) is 4.79 Å². The van der Waals surface area contributed by atoms with Crippen LogP contribution in [0.4, 0.5) is 0 Å². The maximum absolute atomic E-state index is 11.2. The lowest BCUT2D eigenvalue weighted by Gasteiger charge is -2.08. The minimum Gasteiger partial charge on any atom is -0.485 e. The number of hydrogen-bond acceptors (Lipinski definition) is 4. The highest BCUT2D eigenvalue weighted by Crippen LogP contribution is 2.20.